The van der Waals surface area contributed by atoms with Gasteiger partial charge in [0.15, 0.2) is 0 Å². The summed E-state index contributed by atoms with van der Waals surface area (Å²) >= 11 is 1.07. The minimum Gasteiger partial charge on any atom is -0.465 e. The molecule has 100 valence electrons. The molecule has 1 rings (SSSR count). The summed E-state index contributed by atoms with van der Waals surface area (Å²) < 4.78 is 9.65. The minimum atomic E-state index is -0.482. The molecule has 18 heavy (non-hydrogen) atoms. The Kier molecular flexibility index (Phi) is 5.15. The highest BCUT2D eigenvalue weighted by Crippen LogP contribution is 2.33. The third kappa shape index (κ3) is 2.81. The minimum absolute atomic E-state index is 0.271. The topological polar surface area (TPSA) is 78.6 Å². The van der Waals surface area contributed by atoms with Crippen LogP contribution < -0.4 is 5.73 Å². The molecular formula is C12H17NO4S. The molecule has 0 aliphatic rings. The van der Waals surface area contributed by atoms with E-state index in [4.69, 9.17) is 15.2 Å². The van der Waals surface area contributed by atoms with Crippen molar-refractivity contribution in [3.05, 3.63) is 16.0 Å². The van der Waals surface area contributed by atoms with Crippen molar-refractivity contribution in [3.8, 4) is 0 Å². The highest BCUT2D eigenvalue weighted by atomic mass is 32.1. The molecular weight excluding hydrogens is 254 g/mol. The molecule has 2 N–H and O–H groups in total. The van der Waals surface area contributed by atoms with Crippen LogP contribution in [0.3, 0.4) is 0 Å². The van der Waals surface area contributed by atoms with E-state index >= 15 is 0 Å². The number of esters is 2. The molecule has 0 unspecified atom stereocenters. The van der Waals surface area contributed by atoms with Crippen LogP contribution in [-0.4, -0.2) is 25.7 Å². The molecule has 6 heteroatoms. The van der Waals surface area contributed by atoms with E-state index in [0.717, 1.165) is 17.8 Å². The van der Waals surface area contributed by atoms with Crippen molar-refractivity contribution in [2.45, 2.75) is 26.7 Å². The molecule has 0 aliphatic heterocycles. The van der Waals surface area contributed by atoms with Gasteiger partial charge in [-0.1, -0.05) is 13.3 Å². The Bertz CT molecular complexity index is 453. The lowest BCUT2D eigenvalue weighted by atomic mass is 10.1. The Labute approximate surface area is 110 Å². The van der Waals surface area contributed by atoms with Crippen LogP contribution in [0.25, 0.3) is 0 Å². The molecule has 0 bridgehead atoms. The number of ether oxygens (including phenoxy) is 2. The summed E-state index contributed by atoms with van der Waals surface area (Å²) in [6.45, 7) is 3.96. The van der Waals surface area contributed by atoms with Crippen LogP contribution >= 0.6 is 11.3 Å². The van der Waals surface area contributed by atoms with Gasteiger partial charge in [-0.25, -0.2) is 9.59 Å². The largest absolute Gasteiger partial charge is 0.465 e. The number of hydrogen-bond acceptors (Lipinski definition) is 6. The Morgan fingerprint density at radius 3 is 2.44 bits per heavy atom. The first kappa shape index (κ1) is 14.5. The third-order valence-corrected chi connectivity index (χ3v) is 3.43. The molecule has 0 amide bonds. The highest BCUT2D eigenvalue weighted by Gasteiger charge is 2.26. The first-order chi connectivity index (χ1) is 8.56. The summed E-state index contributed by atoms with van der Waals surface area (Å²) in [6, 6.07) is 0. The Morgan fingerprint density at radius 1 is 1.28 bits per heavy atom. The maximum Gasteiger partial charge on any atom is 0.348 e. The summed E-state index contributed by atoms with van der Waals surface area (Å²) in [5, 5.41) is 0.303. The van der Waals surface area contributed by atoms with Gasteiger partial charge in [0, 0.05) is 0 Å². The van der Waals surface area contributed by atoms with Gasteiger partial charge in [0.05, 0.1) is 19.3 Å². The molecule has 0 atom stereocenters. The van der Waals surface area contributed by atoms with E-state index in [2.05, 4.69) is 0 Å². The van der Waals surface area contributed by atoms with E-state index < -0.39 is 11.9 Å². The highest BCUT2D eigenvalue weighted by molar-refractivity contribution is 7.18. The van der Waals surface area contributed by atoms with Crippen LogP contribution in [0.4, 0.5) is 5.00 Å². The van der Waals surface area contributed by atoms with Gasteiger partial charge in [0.2, 0.25) is 0 Å². The molecule has 0 saturated carbocycles. The van der Waals surface area contributed by atoms with Gasteiger partial charge in [-0.15, -0.1) is 11.3 Å². The number of rotatable bonds is 5. The lowest BCUT2D eigenvalue weighted by Gasteiger charge is -2.05. The van der Waals surface area contributed by atoms with Crippen molar-refractivity contribution in [3.63, 3.8) is 0 Å². The Balaban J connectivity index is 3.27. The van der Waals surface area contributed by atoms with Crippen LogP contribution in [0.1, 0.15) is 45.9 Å². The normalized spacial score (nSPS) is 10.2. The van der Waals surface area contributed by atoms with E-state index in [1.807, 2.05) is 6.92 Å². The molecule has 5 nitrogen and oxygen atoms in total. The number of carbonyl (C=O) groups is 2. The lowest BCUT2D eigenvalue weighted by Crippen LogP contribution is -2.10. The fraction of sp³-hybridized carbons (Fsp3) is 0.500. The molecule has 0 saturated heterocycles. The van der Waals surface area contributed by atoms with Gasteiger partial charge in [-0.05, 0) is 18.9 Å². The molecule has 0 aliphatic carbocycles. The third-order valence-electron chi connectivity index (χ3n) is 2.38. The molecule has 0 aromatic carbocycles. The van der Waals surface area contributed by atoms with Gasteiger partial charge in [0.1, 0.15) is 9.88 Å². The van der Waals surface area contributed by atoms with E-state index in [-0.39, 0.29) is 6.61 Å². The summed E-state index contributed by atoms with van der Waals surface area (Å²) in [7, 11) is 1.30. The zero-order chi connectivity index (χ0) is 13.7. The van der Waals surface area contributed by atoms with Gasteiger partial charge in [0.25, 0.3) is 0 Å². The zero-order valence-corrected chi connectivity index (χ0v) is 11.6. The first-order valence-corrected chi connectivity index (χ1v) is 6.54. The van der Waals surface area contributed by atoms with Crippen LogP contribution in [-0.2, 0) is 15.9 Å². The Hall–Kier alpha value is -1.56. The average molecular weight is 271 g/mol. The molecule has 1 heterocycles. The van der Waals surface area contributed by atoms with Crippen molar-refractivity contribution in [2.75, 3.05) is 19.5 Å². The second kappa shape index (κ2) is 6.39. The van der Waals surface area contributed by atoms with E-state index in [1.165, 1.54) is 7.11 Å². The smallest absolute Gasteiger partial charge is 0.348 e. The van der Waals surface area contributed by atoms with E-state index in [0.29, 0.717) is 27.4 Å². The van der Waals surface area contributed by atoms with Gasteiger partial charge >= 0.3 is 11.9 Å². The number of nitrogens with two attached hydrogens (primary N) is 1. The van der Waals surface area contributed by atoms with Crippen molar-refractivity contribution in [1.29, 1.82) is 0 Å². The Morgan fingerprint density at radius 2 is 1.94 bits per heavy atom. The number of nitrogen functional groups attached to an aromatic ring is 1. The number of hydrogen-bond donors (Lipinski definition) is 1. The fourth-order valence-electron chi connectivity index (χ4n) is 1.66. The molecule has 0 fully saturated rings. The van der Waals surface area contributed by atoms with Crippen LogP contribution in [0.2, 0.25) is 0 Å². The number of methoxy groups -OCH3 is 1. The van der Waals surface area contributed by atoms with Crippen LogP contribution in [0.15, 0.2) is 0 Å². The zero-order valence-electron chi connectivity index (χ0n) is 10.7. The number of thiophene rings is 1. The summed E-state index contributed by atoms with van der Waals surface area (Å²) in [5.74, 6) is -0.949. The average Bonchev–Trinajstić information content (AvgIpc) is 2.66. The molecule has 1 aromatic rings. The standard InChI is InChI=1S/C12H17NO4S/c1-4-6-7-8(11(14)17-5-2)10(13)18-9(7)12(15)16-3/h4-6,13H2,1-3H3. The van der Waals surface area contributed by atoms with Crippen molar-refractivity contribution >= 4 is 28.3 Å². The second-order valence-electron chi connectivity index (χ2n) is 3.61. The number of anilines is 1. The first-order valence-electron chi connectivity index (χ1n) is 5.73. The van der Waals surface area contributed by atoms with Crippen LogP contribution in [0, 0.1) is 0 Å². The maximum atomic E-state index is 11.8. The SMILES string of the molecule is CCCc1c(C(=O)OC)sc(N)c1C(=O)OCC. The van der Waals surface area contributed by atoms with Gasteiger partial charge < -0.3 is 15.2 Å². The predicted octanol–water partition coefficient (Wildman–Crippen LogP) is 2.25. The van der Waals surface area contributed by atoms with Crippen LogP contribution in [0.5, 0.6) is 0 Å². The van der Waals surface area contributed by atoms with Gasteiger partial charge in [-0.2, -0.15) is 0 Å². The monoisotopic (exact) mass is 271 g/mol. The maximum absolute atomic E-state index is 11.8. The van der Waals surface area contributed by atoms with Crippen molar-refractivity contribution in [1.82, 2.24) is 0 Å². The van der Waals surface area contributed by atoms with E-state index in [9.17, 15) is 9.59 Å². The van der Waals surface area contributed by atoms with E-state index in [1.54, 1.807) is 6.92 Å². The van der Waals surface area contributed by atoms with Crippen molar-refractivity contribution in [2.24, 2.45) is 0 Å². The predicted molar refractivity (Wildman–Crippen MR) is 70.0 cm³/mol. The van der Waals surface area contributed by atoms with Gasteiger partial charge in [-0.3, -0.25) is 0 Å². The quantitative estimate of drug-likeness (QED) is 0.831. The second-order valence-corrected chi connectivity index (χ2v) is 4.66. The molecule has 0 radical (unpaired) electrons. The molecule has 0 spiro atoms. The summed E-state index contributed by atoms with van der Waals surface area (Å²) in [4.78, 5) is 23.9. The fourth-order valence-corrected chi connectivity index (χ4v) is 2.68. The summed E-state index contributed by atoms with van der Waals surface area (Å²) in [5.41, 5.74) is 6.75. The summed E-state index contributed by atoms with van der Waals surface area (Å²) in [6.07, 6.45) is 1.39. The number of carbonyl (C=O) groups excluding carboxylic acids is 2. The lowest BCUT2D eigenvalue weighted by molar-refractivity contribution is 0.0527. The molecule has 1 aromatic heterocycles. The van der Waals surface area contributed by atoms with Crippen molar-refractivity contribution < 1.29 is 19.1 Å².